The quantitative estimate of drug-likeness (QED) is 0.872. The van der Waals surface area contributed by atoms with Crippen LogP contribution in [0.1, 0.15) is 25.5 Å². The van der Waals surface area contributed by atoms with Crippen molar-refractivity contribution in [2.75, 3.05) is 11.5 Å². The van der Waals surface area contributed by atoms with E-state index in [2.05, 4.69) is 43.5 Å². The van der Waals surface area contributed by atoms with Crippen LogP contribution in [-0.2, 0) is 0 Å². The molecule has 1 nitrogen and oxygen atoms in total. The second-order valence-corrected chi connectivity index (χ2v) is 6.72. The van der Waals surface area contributed by atoms with Crippen LogP contribution in [0.15, 0.2) is 29.6 Å². The first-order chi connectivity index (χ1) is 8.18. The molecule has 2 aromatic rings. The predicted molar refractivity (Wildman–Crippen MR) is 80.9 cm³/mol. The van der Waals surface area contributed by atoms with Crippen molar-refractivity contribution < 1.29 is 0 Å². The molecule has 0 fully saturated rings. The molecule has 0 aliphatic heterocycles. The molecule has 0 aliphatic rings. The van der Waals surface area contributed by atoms with E-state index in [0.717, 1.165) is 11.7 Å². The Bertz CT molecular complexity index is 476. The van der Waals surface area contributed by atoms with Gasteiger partial charge in [0, 0.05) is 16.5 Å². The summed E-state index contributed by atoms with van der Waals surface area (Å²) < 4.78 is 1.35. The maximum absolute atomic E-state index is 6.29. The van der Waals surface area contributed by atoms with Gasteiger partial charge >= 0.3 is 0 Å². The third-order valence-corrected chi connectivity index (χ3v) is 5.13. The van der Waals surface area contributed by atoms with Gasteiger partial charge in [0.05, 0.1) is 0 Å². The molecule has 0 saturated carbocycles. The lowest BCUT2D eigenvalue weighted by molar-refractivity contribution is 0.746. The Morgan fingerprint density at radius 1 is 1.24 bits per heavy atom. The first kappa shape index (κ1) is 12.9. The maximum Gasteiger partial charge on any atom is 0.0401 e. The summed E-state index contributed by atoms with van der Waals surface area (Å²) in [7, 11) is 0. The van der Waals surface area contributed by atoms with Gasteiger partial charge in [-0.25, -0.2) is 0 Å². The highest BCUT2D eigenvalue weighted by atomic mass is 32.2. The van der Waals surface area contributed by atoms with E-state index in [1.54, 1.807) is 11.3 Å². The zero-order valence-electron chi connectivity index (χ0n) is 10.3. The first-order valence-corrected chi connectivity index (χ1v) is 8.01. The van der Waals surface area contributed by atoms with Crippen molar-refractivity contribution in [3.05, 3.63) is 35.2 Å². The third kappa shape index (κ3) is 3.24. The summed E-state index contributed by atoms with van der Waals surface area (Å²) in [6.07, 6.45) is 0. The second kappa shape index (κ2) is 5.89. The van der Waals surface area contributed by atoms with Gasteiger partial charge in [-0.15, -0.1) is 11.3 Å². The Kier molecular flexibility index (Phi) is 4.48. The Labute approximate surface area is 111 Å². The molecule has 0 radical (unpaired) electrons. The number of rotatable bonds is 5. The van der Waals surface area contributed by atoms with E-state index in [9.17, 15) is 0 Å². The van der Waals surface area contributed by atoms with Gasteiger partial charge in [0.25, 0.3) is 0 Å². The van der Waals surface area contributed by atoms with Gasteiger partial charge in [-0.1, -0.05) is 32.0 Å². The minimum Gasteiger partial charge on any atom is -0.323 e. The molecule has 2 rings (SSSR count). The van der Waals surface area contributed by atoms with Gasteiger partial charge < -0.3 is 5.73 Å². The molecule has 3 heteroatoms. The molecule has 1 unspecified atom stereocenters. The summed E-state index contributed by atoms with van der Waals surface area (Å²) in [6, 6.07) is 8.75. The molecular weight excluding hydrogens is 246 g/mol. The van der Waals surface area contributed by atoms with Crippen molar-refractivity contribution in [2.24, 2.45) is 11.7 Å². The molecule has 0 spiro atoms. The minimum atomic E-state index is 0.154. The maximum atomic E-state index is 6.29. The van der Waals surface area contributed by atoms with E-state index in [1.165, 1.54) is 21.4 Å². The van der Waals surface area contributed by atoms with Gasteiger partial charge in [-0.2, -0.15) is 11.8 Å². The number of benzene rings is 1. The Balaban J connectivity index is 2.08. The summed E-state index contributed by atoms with van der Waals surface area (Å²) in [5, 5.41) is 3.46. The molecule has 0 amide bonds. The van der Waals surface area contributed by atoms with Gasteiger partial charge in [0.2, 0.25) is 0 Å². The summed E-state index contributed by atoms with van der Waals surface area (Å²) >= 11 is 3.75. The fourth-order valence-corrected chi connectivity index (χ4v) is 3.85. The number of hydrogen-bond acceptors (Lipinski definition) is 3. The van der Waals surface area contributed by atoms with Crippen LogP contribution in [-0.4, -0.2) is 11.5 Å². The second-order valence-electron chi connectivity index (χ2n) is 4.72. The van der Waals surface area contributed by atoms with E-state index < -0.39 is 0 Å². The number of fused-ring (bicyclic) bond motifs is 1. The molecule has 92 valence electrons. The average Bonchev–Trinajstić information content (AvgIpc) is 2.75. The predicted octanol–water partition coefficient (Wildman–Crippen LogP) is 4.29. The van der Waals surface area contributed by atoms with Crippen molar-refractivity contribution in [2.45, 2.75) is 19.9 Å². The monoisotopic (exact) mass is 265 g/mol. The normalized spacial score (nSPS) is 13.4. The zero-order valence-corrected chi connectivity index (χ0v) is 12.0. The van der Waals surface area contributed by atoms with Gasteiger partial charge in [-0.05, 0) is 34.1 Å². The lowest BCUT2D eigenvalue weighted by Crippen LogP contribution is -2.13. The Morgan fingerprint density at radius 2 is 2.06 bits per heavy atom. The third-order valence-electron chi connectivity index (χ3n) is 2.66. The van der Waals surface area contributed by atoms with E-state index in [-0.39, 0.29) is 6.04 Å². The highest BCUT2D eigenvalue weighted by Crippen LogP contribution is 2.29. The number of hydrogen-bond donors (Lipinski definition) is 1. The molecule has 2 N–H and O–H groups in total. The summed E-state index contributed by atoms with van der Waals surface area (Å²) in [6.45, 7) is 4.50. The van der Waals surface area contributed by atoms with Crippen LogP contribution < -0.4 is 5.73 Å². The molecule has 1 aromatic carbocycles. The molecule has 1 aromatic heterocycles. The van der Waals surface area contributed by atoms with Crippen LogP contribution in [0.4, 0.5) is 0 Å². The highest BCUT2D eigenvalue weighted by molar-refractivity contribution is 7.99. The molecule has 0 aliphatic carbocycles. The Morgan fingerprint density at radius 3 is 2.82 bits per heavy atom. The topological polar surface area (TPSA) is 26.0 Å². The lowest BCUT2D eigenvalue weighted by Gasteiger charge is -2.13. The molecule has 0 bridgehead atoms. The largest absolute Gasteiger partial charge is 0.323 e. The first-order valence-electron chi connectivity index (χ1n) is 5.98. The summed E-state index contributed by atoms with van der Waals surface area (Å²) in [4.78, 5) is 0. The van der Waals surface area contributed by atoms with E-state index >= 15 is 0 Å². The molecule has 0 saturated heterocycles. The van der Waals surface area contributed by atoms with Crippen molar-refractivity contribution in [1.29, 1.82) is 0 Å². The van der Waals surface area contributed by atoms with Crippen LogP contribution in [0.5, 0.6) is 0 Å². The molecule has 17 heavy (non-hydrogen) atoms. The van der Waals surface area contributed by atoms with Crippen LogP contribution in [0.3, 0.4) is 0 Å². The van der Waals surface area contributed by atoms with Gasteiger partial charge in [0.1, 0.15) is 0 Å². The zero-order chi connectivity index (χ0) is 12.3. The van der Waals surface area contributed by atoms with Crippen LogP contribution in [0, 0.1) is 5.92 Å². The van der Waals surface area contributed by atoms with E-state index in [1.807, 2.05) is 11.8 Å². The standard InChI is InChI=1S/C14H19NS2/c1-10(2)8-16-9-13(15)12-5-3-4-11-6-7-17-14(11)12/h3-7,10,13H,8-9,15H2,1-2H3. The van der Waals surface area contributed by atoms with Gasteiger partial charge in [0.15, 0.2) is 0 Å². The lowest BCUT2D eigenvalue weighted by atomic mass is 10.1. The average molecular weight is 265 g/mol. The number of thiophene rings is 1. The minimum absolute atomic E-state index is 0.154. The summed E-state index contributed by atoms with van der Waals surface area (Å²) in [5.41, 5.74) is 7.59. The fraction of sp³-hybridized carbons (Fsp3) is 0.429. The van der Waals surface area contributed by atoms with Crippen LogP contribution in [0.25, 0.3) is 10.1 Å². The van der Waals surface area contributed by atoms with Crippen molar-refractivity contribution in [1.82, 2.24) is 0 Å². The van der Waals surface area contributed by atoms with E-state index in [0.29, 0.717) is 0 Å². The number of thioether (sulfide) groups is 1. The molecule has 1 atom stereocenters. The van der Waals surface area contributed by atoms with Crippen LogP contribution >= 0.6 is 23.1 Å². The SMILES string of the molecule is CC(C)CSCC(N)c1cccc2ccsc12. The van der Waals surface area contributed by atoms with Crippen molar-refractivity contribution >= 4 is 33.2 Å². The fourth-order valence-electron chi connectivity index (χ4n) is 1.83. The summed E-state index contributed by atoms with van der Waals surface area (Å²) in [5.74, 6) is 2.94. The number of nitrogens with two attached hydrogens (primary N) is 1. The Hall–Kier alpha value is -0.510. The molecular formula is C14H19NS2. The van der Waals surface area contributed by atoms with Crippen molar-refractivity contribution in [3.63, 3.8) is 0 Å². The van der Waals surface area contributed by atoms with E-state index in [4.69, 9.17) is 5.73 Å². The highest BCUT2D eigenvalue weighted by Gasteiger charge is 2.10. The smallest absolute Gasteiger partial charge is 0.0401 e. The van der Waals surface area contributed by atoms with Crippen LogP contribution in [0.2, 0.25) is 0 Å². The molecule has 1 heterocycles. The van der Waals surface area contributed by atoms with Gasteiger partial charge in [-0.3, -0.25) is 0 Å². The van der Waals surface area contributed by atoms with Crippen molar-refractivity contribution in [3.8, 4) is 0 Å².